The van der Waals surface area contributed by atoms with Gasteiger partial charge < -0.3 is 20.1 Å². The number of hydrogen-bond donors (Lipinski definition) is 2. The van der Waals surface area contributed by atoms with Gasteiger partial charge in [0, 0.05) is 18.5 Å². The second-order valence-electron chi connectivity index (χ2n) is 6.31. The van der Waals surface area contributed by atoms with Gasteiger partial charge in [-0.25, -0.2) is 4.79 Å². The highest BCUT2D eigenvalue weighted by Gasteiger charge is 2.35. The van der Waals surface area contributed by atoms with Gasteiger partial charge in [0.25, 0.3) is 11.8 Å². The van der Waals surface area contributed by atoms with Crippen LogP contribution in [0, 0.1) is 0 Å². The molecule has 2 aliphatic rings. The van der Waals surface area contributed by atoms with Crippen LogP contribution < -0.4 is 10.1 Å². The molecule has 0 saturated carbocycles. The molecule has 2 aromatic carbocycles. The number of aliphatic carboxylic acids is 1. The second-order valence-corrected chi connectivity index (χ2v) is 6.31. The molecule has 2 heterocycles. The lowest BCUT2D eigenvalue weighted by atomic mass is 9.93. The van der Waals surface area contributed by atoms with Crippen LogP contribution in [0.4, 0.5) is 5.69 Å². The van der Waals surface area contributed by atoms with Crippen LogP contribution in [0.2, 0.25) is 0 Å². The molecule has 2 amide bonds. The summed E-state index contributed by atoms with van der Waals surface area (Å²) in [5.41, 5.74) is 2.71. The average Bonchev–Trinajstić information content (AvgIpc) is 2.65. The molecule has 2 aromatic rings. The number of benzene rings is 2. The van der Waals surface area contributed by atoms with Gasteiger partial charge in [0.2, 0.25) is 0 Å². The number of rotatable bonds is 2. The van der Waals surface area contributed by atoms with Gasteiger partial charge in [-0.05, 0) is 29.3 Å². The van der Waals surface area contributed by atoms with Gasteiger partial charge in [-0.1, -0.05) is 24.3 Å². The number of anilines is 1. The normalized spacial score (nSPS) is 18.2. The maximum Gasteiger partial charge on any atom is 0.326 e. The van der Waals surface area contributed by atoms with E-state index in [-0.39, 0.29) is 31.4 Å². The molecule has 0 radical (unpaired) electrons. The minimum absolute atomic E-state index is 0.112. The number of fused-ring (bicyclic) bond motifs is 2. The summed E-state index contributed by atoms with van der Waals surface area (Å²) in [7, 11) is 0. The van der Waals surface area contributed by atoms with Crippen LogP contribution in [-0.4, -0.2) is 40.4 Å². The molecule has 2 N–H and O–H groups in total. The number of amides is 2. The topological polar surface area (TPSA) is 95.9 Å². The molecule has 26 heavy (non-hydrogen) atoms. The van der Waals surface area contributed by atoms with E-state index in [1.54, 1.807) is 12.1 Å². The van der Waals surface area contributed by atoms with Gasteiger partial charge in [-0.3, -0.25) is 9.59 Å². The van der Waals surface area contributed by atoms with Crippen LogP contribution in [0.1, 0.15) is 21.5 Å². The minimum atomic E-state index is -1.03. The third kappa shape index (κ3) is 2.77. The quantitative estimate of drug-likeness (QED) is 0.857. The Bertz CT molecular complexity index is 924. The van der Waals surface area contributed by atoms with E-state index in [0.717, 1.165) is 11.1 Å². The Morgan fingerprint density at radius 2 is 1.92 bits per heavy atom. The monoisotopic (exact) mass is 352 g/mol. The van der Waals surface area contributed by atoms with Crippen LogP contribution in [0.3, 0.4) is 0 Å². The van der Waals surface area contributed by atoms with E-state index < -0.39 is 12.0 Å². The van der Waals surface area contributed by atoms with E-state index in [2.05, 4.69) is 5.32 Å². The second kappa shape index (κ2) is 6.18. The zero-order chi connectivity index (χ0) is 18.3. The average molecular weight is 352 g/mol. The number of nitrogens with one attached hydrogen (secondary N) is 1. The first-order chi connectivity index (χ1) is 12.5. The lowest BCUT2D eigenvalue weighted by Crippen LogP contribution is -2.48. The van der Waals surface area contributed by atoms with Crippen molar-refractivity contribution in [2.24, 2.45) is 0 Å². The van der Waals surface area contributed by atoms with Gasteiger partial charge in [-0.2, -0.15) is 0 Å². The highest BCUT2D eigenvalue weighted by molar-refractivity contribution is 6.00. The smallest absolute Gasteiger partial charge is 0.326 e. The lowest BCUT2D eigenvalue weighted by Gasteiger charge is -2.34. The molecule has 132 valence electrons. The Hall–Kier alpha value is -3.35. The van der Waals surface area contributed by atoms with Crippen molar-refractivity contribution < 1.29 is 24.2 Å². The first-order valence-corrected chi connectivity index (χ1v) is 8.20. The Balaban J connectivity index is 1.66. The summed E-state index contributed by atoms with van der Waals surface area (Å²) in [6, 6.07) is 11.3. The van der Waals surface area contributed by atoms with E-state index in [4.69, 9.17) is 4.74 Å². The number of carboxylic acid groups (broad SMARTS) is 1. The summed E-state index contributed by atoms with van der Waals surface area (Å²) >= 11 is 0. The number of hydrogen-bond acceptors (Lipinski definition) is 4. The highest BCUT2D eigenvalue weighted by atomic mass is 16.5. The molecule has 0 fully saturated rings. The first-order valence-electron chi connectivity index (χ1n) is 8.20. The molecule has 1 atom stereocenters. The van der Waals surface area contributed by atoms with E-state index in [1.807, 2.05) is 24.3 Å². The zero-order valence-electron chi connectivity index (χ0n) is 13.8. The SMILES string of the molecule is O=C1COc2cc(C(=O)N3Cc4ccccc4C[C@@H]3C(=O)O)ccc2N1. The molecular weight excluding hydrogens is 336 g/mol. The van der Waals surface area contributed by atoms with Crippen molar-refractivity contribution in [2.75, 3.05) is 11.9 Å². The molecule has 0 bridgehead atoms. The summed E-state index contributed by atoms with van der Waals surface area (Å²) in [6.07, 6.45) is 0.273. The third-order valence-corrected chi connectivity index (χ3v) is 4.66. The van der Waals surface area contributed by atoms with Crippen LogP contribution in [0.15, 0.2) is 42.5 Å². The van der Waals surface area contributed by atoms with Crippen molar-refractivity contribution in [2.45, 2.75) is 19.0 Å². The maximum atomic E-state index is 13.0. The van der Waals surface area contributed by atoms with E-state index in [1.165, 1.54) is 11.0 Å². The molecule has 0 unspecified atom stereocenters. The summed E-state index contributed by atoms with van der Waals surface area (Å²) in [6.45, 7) is 0.125. The molecule has 0 spiro atoms. The van der Waals surface area contributed by atoms with Gasteiger partial charge >= 0.3 is 5.97 Å². The van der Waals surface area contributed by atoms with Crippen LogP contribution >= 0.6 is 0 Å². The summed E-state index contributed by atoms with van der Waals surface area (Å²) < 4.78 is 5.35. The lowest BCUT2D eigenvalue weighted by molar-refractivity contribution is -0.142. The Kier molecular flexibility index (Phi) is 3.84. The van der Waals surface area contributed by atoms with Crippen molar-refractivity contribution in [3.05, 3.63) is 59.2 Å². The highest BCUT2D eigenvalue weighted by Crippen LogP contribution is 2.31. The molecule has 4 rings (SSSR count). The van der Waals surface area contributed by atoms with E-state index in [9.17, 15) is 19.5 Å². The Labute approximate surface area is 149 Å². The molecule has 0 aromatic heterocycles. The number of carbonyl (C=O) groups excluding carboxylic acids is 2. The predicted molar refractivity (Wildman–Crippen MR) is 92.0 cm³/mol. The van der Waals surface area contributed by atoms with Crippen molar-refractivity contribution >= 4 is 23.5 Å². The number of ether oxygens (including phenoxy) is 1. The van der Waals surface area contributed by atoms with Crippen molar-refractivity contribution in [3.8, 4) is 5.75 Å². The molecule has 0 aliphatic carbocycles. The molecule has 7 heteroatoms. The van der Waals surface area contributed by atoms with Crippen molar-refractivity contribution in [1.29, 1.82) is 0 Å². The number of carboxylic acids is 1. The standard InChI is InChI=1S/C19H16N2O5/c22-17-10-26-16-8-12(5-6-14(16)20-17)18(23)21-9-13-4-2-1-3-11(13)7-15(21)19(24)25/h1-6,8,15H,7,9-10H2,(H,20,22)(H,24,25)/t15-/m1/s1. The predicted octanol–water partition coefficient (Wildman–Crippen LogP) is 1.67. The van der Waals surface area contributed by atoms with Crippen LogP contribution in [-0.2, 0) is 22.6 Å². The third-order valence-electron chi connectivity index (χ3n) is 4.66. The number of carbonyl (C=O) groups is 3. The fourth-order valence-corrected chi connectivity index (χ4v) is 3.33. The number of nitrogens with zero attached hydrogens (tertiary/aromatic N) is 1. The molecule has 7 nitrogen and oxygen atoms in total. The molecular formula is C19H16N2O5. The zero-order valence-corrected chi connectivity index (χ0v) is 13.8. The van der Waals surface area contributed by atoms with E-state index >= 15 is 0 Å². The van der Waals surface area contributed by atoms with Crippen molar-refractivity contribution in [3.63, 3.8) is 0 Å². The largest absolute Gasteiger partial charge is 0.482 e. The Morgan fingerprint density at radius 1 is 1.15 bits per heavy atom. The Morgan fingerprint density at radius 3 is 2.69 bits per heavy atom. The van der Waals surface area contributed by atoms with Crippen LogP contribution in [0.25, 0.3) is 0 Å². The van der Waals surface area contributed by atoms with Gasteiger partial charge in [-0.15, -0.1) is 0 Å². The summed E-state index contributed by atoms with van der Waals surface area (Å²) in [4.78, 5) is 37.4. The van der Waals surface area contributed by atoms with Crippen molar-refractivity contribution in [1.82, 2.24) is 4.90 Å². The van der Waals surface area contributed by atoms with Crippen LogP contribution in [0.5, 0.6) is 5.75 Å². The van der Waals surface area contributed by atoms with E-state index in [0.29, 0.717) is 17.0 Å². The maximum absolute atomic E-state index is 13.0. The fraction of sp³-hybridized carbons (Fsp3) is 0.211. The summed E-state index contributed by atoms with van der Waals surface area (Å²) in [5, 5.41) is 12.2. The van der Waals surface area contributed by atoms with Gasteiger partial charge in [0.05, 0.1) is 5.69 Å². The molecule has 0 saturated heterocycles. The first kappa shape index (κ1) is 16.1. The fourth-order valence-electron chi connectivity index (χ4n) is 3.33. The summed E-state index contributed by atoms with van der Waals surface area (Å²) in [5.74, 6) is -1.26. The van der Waals surface area contributed by atoms with Gasteiger partial charge in [0.1, 0.15) is 11.8 Å². The van der Waals surface area contributed by atoms with Gasteiger partial charge in [0.15, 0.2) is 6.61 Å². The molecule has 2 aliphatic heterocycles. The minimum Gasteiger partial charge on any atom is -0.482 e.